The van der Waals surface area contributed by atoms with Gasteiger partial charge in [0.05, 0.1) is 18.9 Å². The molecule has 4 rings (SSSR count). The maximum Gasteiger partial charge on any atom is 0.327 e. The summed E-state index contributed by atoms with van der Waals surface area (Å²) < 4.78 is 10.0. The van der Waals surface area contributed by atoms with Crippen LogP contribution in [0.1, 0.15) is 22.0 Å². The van der Waals surface area contributed by atoms with Crippen LogP contribution in [-0.4, -0.2) is 50.1 Å². The van der Waals surface area contributed by atoms with Gasteiger partial charge in [-0.25, -0.2) is 4.79 Å². The molecule has 0 saturated carbocycles. The minimum absolute atomic E-state index is 0.204. The summed E-state index contributed by atoms with van der Waals surface area (Å²) in [5, 5.41) is 2.86. The van der Waals surface area contributed by atoms with Crippen LogP contribution in [0.5, 0.6) is 0 Å². The number of anilines is 2. The van der Waals surface area contributed by atoms with Gasteiger partial charge in [0, 0.05) is 37.6 Å². The van der Waals surface area contributed by atoms with E-state index in [4.69, 9.17) is 9.15 Å². The van der Waals surface area contributed by atoms with E-state index < -0.39 is 6.04 Å². The number of nitrogens with zero attached hydrogens (tertiary/aromatic N) is 2. The number of amides is 1. The second-order valence-electron chi connectivity index (χ2n) is 7.37. The number of ether oxygens (including phenoxy) is 1. The van der Waals surface area contributed by atoms with Crippen molar-refractivity contribution in [2.75, 3.05) is 43.5 Å². The average Bonchev–Trinajstić information content (AvgIpc) is 3.36. The molecule has 3 aromatic rings. The zero-order valence-corrected chi connectivity index (χ0v) is 17.4. The van der Waals surface area contributed by atoms with Gasteiger partial charge in [0.1, 0.15) is 12.3 Å². The quantitative estimate of drug-likeness (QED) is 0.616. The SMILES string of the molecule is COC(=O)C(c1ccccc1)N1CCN(c2ccc(NC(=O)c3ccoc3)cc2)CC1. The molecule has 1 amide bonds. The van der Waals surface area contributed by atoms with Crippen LogP contribution in [0.2, 0.25) is 0 Å². The van der Waals surface area contributed by atoms with Crippen LogP contribution in [0.3, 0.4) is 0 Å². The lowest BCUT2D eigenvalue weighted by Crippen LogP contribution is -2.49. The number of carbonyl (C=O) groups excluding carboxylic acids is 2. The molecule has 31 heavy (non-hydrogen) atoms. The molecule has 2 heterocycles. The number of methoxy groups -OCH3 is 1. The predicted octanol–water partition coefficient (Wildman–Crippen LogP) is 3.57. The Morgan fingerprint density at radius 3 is 2.29 bits per heavy atom. The van der Waals surface area contributed by atoms with Crippen LogP contribution >= 0.6 is 0 Å². The Balaban J connectivity index is 1.38. The molecule has 1 saturated heterocycles. The van der Waals surface area contributed by atoms with Crippen LogP contribution in [0, 0.1) is 0 Å². The van der Waals surface area contributed by atoms with Crippen LogP contribution in [0.25, 0.3) is 0 Å². The molecular formula is C24H25N3O4. The van der Waals surface area contributed by atoms with Crippen molar-refractivity contribution in [2.45, 2.75) is 6.04 Å². The van der Waals surface area contributed by atoms with Crippen molar-refractivity contribution >= 4 is 23.3 Å². The summed E-state index contributed by atoms with van der Waals surface area (Å²) >= 11 is 0. The van der Waals surface area contributed by atoms with Gasteiger partial charge in [-0.1, -0.05) is 30.3 Å². The Bertz CT molecular complexity index is 995. The first kappa shape index (κ1) is 20.7. The topological polar surface area (TPSA) is 75.0 Å². The average molecular weight is 419 g/mol. The van der Waals surface area contributed by atoms with Gasteiger partial charge in [-0.05, 0) is 35.9 Å². The van der Waals surface area contributed by atoms with Crippen LogP contribution in [-0.2, 0) is 9.53 Å². The van der Waals surface area contributed by atoms with Crippen LogP contribution in [0.4, 0.5) is 11.4 Å². The molecule has 1 atom stereocenters. The lowest BCUT2D eigenvalue weighted by Gasteiger charge is -2.39. The highest BCUT2D eigenvalue weighted by molar-refractivity contribution is 6.04. The Kier molecular flexibility index (Phi) is 6.33. The van der Waals surface area contributed by atoms with E-state index in [-0.39, 0.29) is 11.9 Å². The number of rotatable bonds is 6. The first-order valence-electron chi connectivity index (χ1n) is 10.2. The lowest BCUT2D eigenvalue weighted by atomic mass is 10.0. The molecule has 2 aromatic carbocycles. The zero-order chi connectivity index (χ0) is 21.6. The van der Waals surface area contributed by atoms with Gasteiger partial charge in [0.15, 0.2) is 0 Å². The predicted molar refractivity (Wildman–Crippen MR) is 118 cm³/mol. The summed E-state index contributed by atoms with van der Waals surface area (Å²) in [6.07, 6.45) is 2.89. The Labute approximate surface area is 181 Å². The summed E-state index contributed by atoms with van der Waals surface area (Å²) in [6, 6.07) is 18.7. The van der Waals surface area contributed by atoms with Crippen molar-refractivity contribution in [3.63, 3.8) is 0 Å². The minimum Gasteiger partial charge on any atom is -0.472 e. The van der Waals surface area contributed by atoms with Crippen LogP contribution in [0.15, 0.2) is 77.6 Å². The van der Waals surface area contributed by atoms with E-state index in [1.807, 2.05) is 54.6 Å². The highest BCUT2D eigenvalue weighted by Gasteiger charge is 2.31. The van der Waals surface area contributed by atoms with Gasteiger partial charge in [-0.3, -0.25) is 9.69 Å². The molecule has 7 nitrogen and oxygen atoms in total. The zero-order valence-electron chi connectivity index (χ0n) is 17.4. The molecule has 1 N–H and O–H groups in total. The number of piperazine rings is 1. The van der Waals surface area contributed by atoms with Crippen molar-refractivity contribution in [3.8, 4) is 0 Å². The molecule has 1 aliphatic heterocycles. The second-order valence-corrected chi connectivity index (χ2v) is 7.37. The number of carbonyl (C=O) groups is 2. The first-order chi connectivity index (χ1) is 15.2. The number of hydrogen-bond acceptors (Lipinski definition) is 6. The molecule has 160 valence electrons. The van der Waals surface area contributed by atoms with E-state index in [1.54, 1.807) is 6.07 Å². The van der Waals surface area contributed by atoms with Gasteiger partial charge in [-0.15, -0.1) is 0 Å². The summed E-state index contributed by atoms with van der Waals surface area (Å²) in [7, 11) is 1.43. The van der Waals surface area contributed by atoms with Gasteiger partial charge in [-0.2, -0.15) is 0 Å². The van der Waals surface area contributed by atoms with Crippen molar-refractivity contribution in [1.29, 1.82) is 0 Å². The molecule has 1 aromatic heterocycles. The number of esters is 1. The van der Waals surface area contributed by atoms with Gasteiger partial charge >= 0.3 is 5.97 Å². The maximum absolute atomic E-state index is 12.5. The van der Waals surface area contributed by atoms with Gasteiger partial charge in [0.2, 0.25) is 0 Å². The Morgan fingerprint density at radius 2 is 1.68 bits per heavy atom. The number of nitrogens with one attached hydrogen (secondary N) is 1. The maximum atomic E-state index is 12.5. The molecule has 0 aliphatic carbocycles. The third kappa shape index (κ3) is 4.78. The van der Waals surface area contributed by atoms with Crippen molar-refractivity contribution in [2.24, 2.45) is 0 Å². The normalized spacial score (nSPS) is 15.3. The van der Waals surface area contributed by atoms with E-state index in [2.05, 4.69) is 15.1 Å². The summed E-state index contributed by atoms with van der Waals surface area (Å²) in [5.74, 6) is -0.442. The van der Waals surface area contributed by atoms with Crippen molar-refractivity contribution in [3.05, 3.63) is 84.3 Å². The standard InChI is InChI=1S/C24H25N3O4/c1-30-24(29)22(18-5-3-2-4-6-18)27-14-12-26(13-15-27)21-9-7-20(8-10-21)25-23(28)19-11-16-31-17-19/h2-11,16-17,22H,12-15H2,1H3,(H,25,28). The third-order valence-electron chi connectivity index (χ3n) is 5.49. The van der Waals surface area contributed by atoms with E-state index in [9.17, 15) is 9.59 Å². The van der Waals surface area contributed by atoms with E-state index in [0.717, 1.165) is 43.1 Å². The van der Waals surface area contributed by atoms with E-state index in [0.29, 0.717) is 5.56 Å². The van der Waals surface area contributed by atoms with Gasteiger partial charge < -0.3 is 19.4 Å². The van der Waals surface area contributed by atoms with Crippen LogP contribution < -0.4 is 10.2 Å². The number of furan rings is 1. The number of hydrogen-bond donors (Lipinski definition) is 1. The smallest absolute Gasteiger partial charge is 0.327 e. The third-order valence-corrected chi connectivity index (χ3v) is 5.49. The lowest BCUT2D eigenvalue weighted by molar-refractivity contribution is -0.147. The Morgan fingerprint density at radius 1 is 0.968 bits per heavy atom. The van der Waals surface area contributed by atoms with Gasteiger partial charge in [0.25, 0.3) is 5.91 Å². The summed E-state index contributed by atoms with van der Waals surface area (Å²) in [5.41, 5.74) is 3.23. The monoisotopic (exact) mass is 419 g/mol. The molecule has 0 spiro atoms. The second kappa shape index (κ2) is 9.49. The van der Waals surface area contributed by atoms with Crippen molar-refractivity contribution < 1.29 is 18.7 Å². The highest BCUT2D eigenvalue weighted by Crippen LogP contribution is 2.26. The molecule has 0 radical (unpaired) electrons. The fourth-order valence-electron chi connectivity index (χ4n) is 3.83. The molecule has 7 heteroatoms. The number of benzene rings is 2. The molecule has 1 unspecified atom stereocenters. The molecular weight excluding hydrogens is 394 g/mol. The Hall–Kier alpha value is -3.58. The first-order valence-corrected chi connectivity index (χ1v) is 10.2. The highest BCUT2D eigenvalue weighted by atomic mass is 16.5. The van der Waals surface area contributed by atoms with E-state index >= 15 is 0 Å². The molecule has 0 bridgehead atoms. The summed E-state index contributed by atoms with van der Waals surface area (Å²) in [6.45, 7) is 3.07. The van der Waals surface area contributed by atoms with E-state index in [1.165, 1.54) is 19.6 Å². The molecule has 1 fully saturated rings. The fraction of sp³-hybridized carbons (Fsp3) is 0.250. The summed E-state index contributed by atoms with van der Waals surface area (Å²) in [4.78, 5) is 29.0. The minimum atomic E-state index is -0.395. The molecule has 1 aliphatic rings. The largest absolute Gasteiger partial charge is 0.472 e. The van der Waals surface area contributed by atoms with Crippen molar-refractivity contribution in [1.82, 2.24) is 4.90 Å². The fourth-order valence-corrected chi connectivity index (χ4v) is 3.83.